The lowest BCUT2D eigenvalue weighted by Crippen LogP contribution is -2.19. The molecule has 0 aliphatic carbocycles. The molecule has 0 amide bonds. The maximum Gasteiger partial charge on any atom is 0.269 e. The van der Waals surface area contributed by atoms with E-state index in [0.717, 1.165) is 31.4 Å². The quantitative estimate of drug-likeness (QED) is 0.423. The van der Waals surface area contributed by atoms with Crippen LogP contribution in [0.25, 0.3) is 0 Å². The first kappa shape index (κ1) is 14.6. The van der Waals surface area contributed by atoms with Crippen molar-refractivity contribution >= 4 is 5.69 Å². The third kappa shape index (κ3) is 4.81. The lowest BCUT2D eigenvalue weighted by Gasteiger charge is -2.13. The fourth-order valence-corrected chi connectivity index (χ4v) is 1.76. The Labute approximate surface area is 107 Å². The summed E-state index contributed by atoms with van der Waals surface area (Å²) in [6.45, 7) is 3.08. The maximum absolute atomic E-state index is 10.7. The monoisotopic (exact) mass is 252 g/mol. The molecular weight excluding hydrogens is 232 g/mol. The van der Waals surface area contributed by atoms with Gasteiger partial charge in [-0.25, -0.2) is 0 Å². The van der Waals surface area contributed by atoms with Crippen molar-refractivity contribution in [3.8, 4) is 0 Å². The zero-order valence-corrected chi connectivity index (χ0v) is 10.6. The number of nitro benzene ring substituents is 1. The Morgan fingerprint density at radius 2 is 2.17 bits per heavy atom. The highest BCUT2D eigenvalue weighted by Gasteiger charge is 2.09. The van der Waals surface area contributed by atoms with Crippen LogP contribution in [-0.4, -0.2) is 23.2 Å². The van der Waals surface area contributed by atoms with Crippen LogP contribution >= 0.6 is 0 Å². The van der Waals surface area contributed by atoms with Gasteiger partial charge in [-0.1, -0.05) is 12.1 Å². The topological polar surface area (TPSA) is 75.4 Å². The van der Waals surface area contributed by atoms with E-state index in [-0.39, 0.29) is 23.3 Å². The van der Waals surface area contributed by atoms with Crippen molar-refractivity contribution in [2.24, 2.45) is 0 Å². The lowest BCUT2D eigenvalue weighted by atomic mass is 10.1. The summed E-state index contributed by atoms with van der Waals surface area (Å²) in [5.74, 6) is 0. The SMILES string of the molecule is CC(NCCCCCO)c1cccc([N+](=O)[O-])c1. The van der Waals surface area contributed by atoms with Crippen molar-refractivity contribution in [3.05, 3.63) is 39.9 Å². The van der Waals surface area contributed by atoms with E-state index in [9.17, 15) is 10.1 Å². The molecule has 0 aromatic heterocycles. The maximum atomic E-state index is 10.7. The first-order valence-corrected chi connectivity index (χ1v) is 6.23. The molecule has 1 rings (SSSR count). The van der Waals surface area contributed by atoms with E-state index in [2.05, 4.69) is 5.32 Å². The Morgan fingerprint density at radius 3 is 2.83 bits per heavy atom. The van der Waals surface area contributed by atoms with Gasteiger partial charge in [0, 0.05) is 24.8 Å². The van der Waals surface area contributed by atoms with Crippen LogP contribution in [0.5, 0.6) is 0 Å². The van der Waals surface area contributed by atoms with E-state index in [1.54, 1.807) is 12.1 Å². The third-order valence-electron chi connectivity index (χ3n) is 2.87. The summed E-state index contributed by atoms with van der Waals surface area (Å²) >= 11 is 0. The summed E-state index contributed by atoms with van der Waals surface area (Å²) in [7, 11) is 0. The Hall–Kier alpha value is -1.46. The number of nitrogens with zero attached hydrogens (tertiary/aromatic N) is 1. The van der Waals surface area contributed by atoms with Crippen LogP contribution in [0.2, 0.25) is 0 Å². The second-order valence-corrected chi connectivity index (χ2v) is 4.31. The first-order valence-electron chi connectivity index (χ1n) is 6.23. The van der Waals surface area contributed by atoms with Crippen LogP contribution in [-0.2, 0) is 0 Å². The second kappa shape index (κ2) is 7.79. The van der Waals surface area contributed by atoms with Crippen molar-refractivity contribution in [2.45, 2.75) is 32.2 Å². The minimum absolute atomic E-state index is 0.0963. The van der Waals surface area contributed by atoms with Crippen LogP contribution < -0.4 is 5.32 Å². The van der Waals surface area contributed by atoms with Gasteiger partial charge >= 0.3 is 0 Å². The normalized spacial score (nSPS) is 12.3. The van der Waals surface area contributed by atoms with Gasteiger partial charge in [-0.05, 0) is 38.3 Å². The van der Waals surface area contributed by atoms with E-state index in [1.807, 2.05) is 13.0 Å². The molecule has 5 heteroatoms. The third-order valence-corrected chi connectivity index (χ3v) is 2.87. The lowest BCUT2D eigenvalue weighted by molar-refractivity contribution is -0.384. The van der Waals surface area contributed by atoms with Crippen LogP contribution in [0.15, 0.2) is 24.3 Å². The molecule has 0 bridgehead atoms. The predicted octanol–water partition coefficient (Wildman–Crippen LogP) is 2.41. The molecular formula is C13H20N2O3. The van der Waals surface area contributed by atoms with Crippen LogP contribution in [0.3, 0.4) is 0 Å². The number of aliphatic hydroxyl groups is 1. The Morgan fingerprint density at radius 1 is 1.39 bits per heavy atom. The molecule has 18 heavy (non-hydrogen) atoms. The van der Waals surface area contributed by atoms with Gasteiger partial charge in [-0.15, -0.1) is 0 Å². The van der Waals surface area contributed by atoms with Gasteiger partial charge in [0.25, 0.3) is 5.69 Å². The molecule has 0 aliphatic rings. The summed E-state index contributed by atoms with van der Waals surface area (Å²) in [6.07, 6.45) is 2.82. The highest BCUT2D eigenvalue weighted by Crippen LogP contribution is 2.18. The number of aliphatic hydroxyl groups excluding tert-OH is 1. The van der Waals surface area contributed by atoms with E-state index < -0.39 is 0 Å². The summed E-state index contributed by atoms with van der Waals surface area (Å²) in [4.78, 5) is 10.3. The van der Waals surface area contributed by atoms with E-state index in [4.69, 9.17) is 5.11 Å². The second-order valence-electron chi connectivity index (χ2n) is 4.31. The molecule has 1 atom stereocenters. The molecule has 0 radical (unpaired) electrons. The molecule has 0 fully saturated rings. The number of non-ortho nitro benzene ring substituents is 1. The molecule has 5 nitrogen and oxygen atoms in total. The number of hydrogen-bond acceptors (Lipinski definition) is 4. The van der Waals surface area contributed by atoms with Crippen LogP contribution in [0.1, 0.15) is 37.8 Å². The largest absolute Gasteiger partial charge is 0.396 e. The smallest absolute Gasteiger partial charge is 0.269 e. The van der Waals surface area contributed by atoms with E-state index in [0.29, 0.717) is 0 Å². The van der Waals surface area contributed by atoms with Crippen LogP contribution in [0.4, 0.5) is 5.69 Å². The molecule has 100 valence electrons. The first-order chi connectivity index (χ1) is 8.65. The standard InChI is InChI=1S/C13H20N2O3/c1-11(14-8-3-2-4-9-16)12-6-5-7-13(10-12)15(17)18/h5-7,10-11,14,16H,2-4,8-9H2,1H3. The summed E-state index contributed by atoms with van der Waals surface area (Å²) in [6, 6.07) is 6.79. The molecule has 1 unspecified atom stereocenters. The predicted molar refractivity (Wildman–Crippen MR) is 70.5 cm³/mol. The minimum atomic E-state index is -0.378. The molecule has 1 aromatic carbocycles. The summed E-state index contributed by atoms with van der Waals surface area (Å²) in [5.41, 5.74) is 1.05. The fraction of sp³-hybridized carbons (Fsp3) is 0.538. The van der Waals surface area contributed by atoms with Gasteiger partial charge in [0.15, 0.2) is 0 Å². The van der Waals surface area contributed by atoms with Gasteiger partial charge in [0.05, 0.1) is 4.92 Å². The number of rotatable bonds is 8. The zero-order valence-electron chi connectivity index (χ0n) is 10.6. The van der Waals surface area contributed by atoms with Gasteiger partial charge in [0.2, 0.25) is 0 Å². The average Bonchev–Trinajstić information content (AvgIpc) is 2.38. The number of nitrogens with one attached hydrogen (secondary N) is 1. The highest BCUT2D eigenvalue weighted by molar-refractivity contribution is 5.35. The highest BCUT2D eigenvalue weighted by atomic mass is 16.6. The van der Waals surface area contributed by atoms with Gasteiger partial charge < -0.3 is 10.4 Å². The minimum Gasteiger partial charge on any atom is -0.396 e. The van der Waals surface area contributed by atoms with Gasteiger partial charge in [0.1, 0.15) is 0 Å². The Balaban J connectivity index is 2.43. The van der Waals surface area contributed by atoms with Crippen molar-refractivity contribution in [1.29, 1.82) is 0 Å². The average molecular weight is 252 g/mol. The number of unbranched alkanes of at least 4 members (excludes halogenated alkanes) is 2. The molecule has 0 spiro atoms. The molecule has 1 aromatic rings. The molecule has 0 saturated carbocycles. The summed E-state index contributed by atoms with van der Waals surface area (Å²) in [5, 5.41) is 22.6. The zero-order chi connectivity index (χ0) is 13.4. The molecule has 0 heterocycles. The number of nitro groups is 1. The summed E-state index contributed by atoms with van der Waals surface area (Å²) < 4.78 is 0. The molecule has 0 aliphatic heterocycles. The molecule has 2 N–H and O–H groups in total. The van der Waals surface area contributed by atoms with Crippen molar-refractivity contribution in [3.63, 3.8) is 0 Å². The Bertz CT molecular complexity index is 382. The number of hydrogen-bond donors (Lipinski definition) is 2. The Kier molecular flexibility index (Phi) is 6.32. The van der Waals surface area contributed by atoms with Crippen molar-refractivity contribution in [2.75, 3.05) is 13.2 Å². The van der Waals surface area contributed by atoms with E-state index >= 15 is 0 Å². The fourth-order valence-electron chi connectivity index (χ4n) is 1.76. The van der Waals surface area contributed by atoms with Crippen molar-refractivity contribution in [1.82, 2.24) is 5.32 Å². The number of benzene rings is 1. The van der Waals surface area contributed by atoms with Crippen molar-refractivity contribution < 1.29 is 10.0 Å². The van der Waals surface area contributed by atoms with Gasteiger partial charge in [-0.2, -0.15) is 0 Å². The van der Waals surface area contributed by atoms with Gasteiger partial charge in [-0.3, -0.25) is 10.1 Å². The van der Waals surface area contributed by atoms with Crippen LogP contribution in [0, 0.1) is 10.1 Å². The van der Waals surface area contributed by atoms with E-state index in [1.165, 1.54) is 6.07 Å². The molecule has 0 saturated heterocycles.